The number of ether oxygens (including phenoxy) is 4. The molecular formula is C91H136N14O16. The van der Waals surface area contributed by atoms with Crippen LogP contribution in [0.4, 0.5) is 0 Å². The van der Waals surface area contributed by atoms with Crippen molar-refractivity contribution in [2.45, 2.75) is 273 Å². The molecule has 6 heterocycles. The molecule has 16 atom stereocenters. The van der Waals surface area contributed by atoms with Crippen LogP contribution in [0.3, 0.4) is 0 Å². The first-order valence-electron chi connectivity index (χ1n) is 43.1. The van der Waals surface area contributed by atoms with Crippen LogP contribution in [0.5, 0.6) is 5.75 Å². The number of carbonyl (C=O) groups is 12. The summed E-state index contributed by atoms with van der Waals surface area (Å²) in [5.74, 6) is -4.94. The molecule has 6 aliphatic heterocycles. The first-order valence-corrected chi connectivity index (χ1v) is 43.1. The third kappa shape index (κ3) is 29.4. The van der Waals surface area contributed by atoms with Crippen LogP contribution in [0.25, 0.3) is 12.2 Å². The van der Waals surface area contributed by atoms with Gasteiger partial charge in [0.05, 0.1) is 36.1 Å². The molecule has 0 aromatic heterocycles. The lowest BCUT2D eigenvalue weighted by atomic mass is 9.84. The third-order valence-electron chi connectivity index (χ3n) is 22.9. The standard InChI is InChI=1S/C31H47N5O6.C30H45N5O4.C30H44N4O6/c1-18(2)26-22-11-8-12-23(17-22)42-16-10-14-25(41-7)20(5)28(37)34-27(19(3)4)30(39)32-21(6)31(40)36-15-9-13-24(35-36)29(38)33-26;1-19(2)26-28(38)32-21(4)29(39)35-17-9-13-24(34-35)27(37)31-20(3)23-12-7-10-22(18-23)11-8-15-30(5,6)16-14-25(36)33-26;1-18(2)26-28(36)31-20(4)29(37)34-16-10-14-24(33-34)30(38)40-21(5)23-13-9-12-22(17-23)11-7-8-15-25(39-6)19(3)27(35)32-26/h8,10-12,14,17-21,24-27,35H,9,13,15-16H2,1-7H3,(H,32,39)(H,33,38)(H,34,37);7-8,10-12,18-21,24,26,34H,9,13-17H2,1-6H3,(H,31,37)(H,32,38)(H,33,36);7,9,11-13,17-21,24-26,33H,8,10,14-16H2,1-6H3,(H,31,36)(H,32,35)/b14-10+;11-8+;11-7+/t20-,21+,24+,25-,26-,27+;20-,21+,24+,26+;19-,20+,21+,24+,25-,26+/m111/s1. The molecule has 0 unspecified atom stereocenters. The van der Waals surface area contributed by atoms with Gasteiger partial charge in [-0.25, -0.2) is 16.3 Å². The zero-order chi connectivity index (χ0) is 89.1. The van der Waals surface area contributed by atoms with Crippen molar-refractivity contribution in [2.24, 2.45) is 40.9 Å². The molecule has 0 radical (unpaired) electrons. The molecule has 3 aromatic rings. The summed E-state index contributed by atoms with van der Waals surface area (Å²) in [7, 11) is 3.10. The lowest BCUT2D eigenvalue weighted by Gasteiger charge is -2.36. The van der Waals surface area contributed by atoms with Crippen molar-refractivity contribution < 1.29 is 76.5 Å². The molecule has 11 N–H and O–H groups in total. The Balaban J connectivity index is 0.000000250. The number of allylic oxidation sites excluding steroid dienone is 2. The van der Waals surface area contributed by atoms with E-state index in [-0.39, 0.29) is 101 Å². The van der Waals surface area contributed by atoms with Crippen LogP contribution >= 0.6 is 0 Å². The van der Waals surface area contributed by atoms with E-state index in [1.165, 1.54) is 22.1 Å². The van der Waals surface area contributed by atoms with Crippen molar-refractivity contribution in [1.29, 1.82) is 0 Å². The molecule has 0 saturated carbocycles. The quantitative estimate of drug-likeness (QED) is 0.0815. The molecule has 30 nitrogen and oxygen atoms in total. The van der Waals surface area contributed by atoms with Gasteiger partial charge in [-0.15, -0.1) is 0 Å². The highest BCUT2D eigenvalue weighted by molar-refractivity contribution is 5.95. The van der Waals surface area contributed by atoms with Gasteiger partial charge in [-0.1, -0.05) is 162 Å². The molecule has 3 aromatic carbocycles. The highest BCUT2D eigenvalue weighted by Gasteiger charge is 2.40. The lowest BCUT2D eigenvalue weighted by Crippen LogP contribution is -2.62. The Morgan fingerprint density at radius 2 is 0.876 bits per heavy atom. The maximum absolute atomic E-state index is 13.4. The molecule has 666 valence electrons. The Hall–Kier alpha value is -9.88. The van der Waals surface area contributed by atoms with E-state index in [0.717, 1.165) is 34.2 Å². The number of benzene rings is 3. The van der Waals surface area contributed by atoms with E-state index in [2.05, 4.69) is 90.9 Å². The van der Waals surface area contributed by atoms with E-state index in [1.54, 1.807) is 53.9 Å². The summed E-state index contributed by atoms with van der Waals surface area (Å²) in [5.41, 5.74) is 13.7. The monoisotopic (exact) mass is 1680 g/mol. The van der Waals surface area contributed by atoms with E-state index in [0.29, 0.717) is 89.6 Å². The van der Waals surface area contributed by atoms with Gasteiger partial charge in [0, 0.05) is 40.3 Å². The number of hydrazine groups is 3. The van der Waals surface area contributed by atoms with Gasteiger partial charge in [-0.3, -0.25) is 72.6 Å². The second-order valence-electron chi connectivity index (χ2n) is 34.9. The number of methoxy groups -OCH3 is 2. The second-order valence-corrected chi connectivity index (χ2v) is 34.9. The van der Waals surface area contributed by atoms with E-state index >= 15 is 0 Å². The number of carbonyl (C=O) groups excluding carboxylic acids is 12. The average molecular weight is 1680 g/mol. The van der Waals surface area contributed by atoms with Gasteiger partial charge in [0.25, 0.3) is 17.7 Å². The summed E-state index contributed by atoms with van der Waals surface area (Å²) in [5, 5.41) is 27.3. The molecule has 121 heavy (non-hydrogen) atoms. The van der Waals surface area contributed by atoms with Crippen molar-refractivity contribution in [2.75, 3.05) is 40.5 Å². The van der Waals surface area contributed by atoms with Gasteiger partial charge in [0.1, 0.15) is 72.8 Å². The highest BCUT2D eigenvalue weighted by atomic mass is 16.5. The molecule has 0 aliphatic carbocycles. The minimum absolute atomic E-state index is 0.0928. The largest absolute Gasteiger partial charge is 0.490 e. The first-order chi connectivity index (χ1) is 57.3. The smallest absolute Gasteiger partial charge is 0.325 e. The topological polar surface area (TPSA) is 384 Å². The maximum Gasteiger partial charge on any atom is 0.325 e. The van der Waals surface area contributed by atoms with Gasteiger partial charge in [-0.2, -0.15) is 0 Å². The minimum atomic E-state index is -0.874. The lowest BCUT2D eigenvalue weighted by molar-refractivity contribution is -0.157. The number of esters is 1. The fourth-order valence-electron chi connectivity index (χ4n) is 15.1. The summed E-state index contributed by atoms with van der Waals surface area (Å²) in [4.78, 5) is 158. The zero-order valence-electron chi connectivity index (χ0n) is 74.4. The molecule has 30 heteroatoms. The first kappa shape index (κ1) is 98.2. The predicted octanol–water partition coefficient (Wildman–Crippen LogP) is 8.36. The van der Waals surface area contributed by atoms with Crippen LogP contribution in [0.1, 0.15) is 234 Å². The van der Waals surface area contributed by atoms with Gasteiger partial charge < -0.3 is 61.5 Å². The summed E-state index contributed by atoms with van der Waals surface area (Å²) < 4.78 is 22.9. The molecule has 3 saturated heterocycles. The molecular weight excluding hydrogens is 1550 g/mol. The summed E-state index contributed by atoms with van der Waals surface area (Å²) in [6, 6.07) is 16.1. The van der Waals surface area contributed by atoms with Crippen LogP contribution in [0, 0.1) is 40.9 Å². The predicted molar refractivity (Wildman–Crippen MR) is 462 cm³/mol. The number of amides is 11. The van der Waals surface area contributed by atoms with Crippen molar-refractivity contribution in [3.63, 3.8) is 0 Å². The van der Waals surface area contributed by atoms with Crippen LogP contribution in [-0.4, -0.2) is 193 Å². The van der Waals surface area contributed by atoms with Gasteiger partial charge >= 0.3 is 5.97 Å². The highest BCUT2D eigenvalue weighted by Crippen LogP contribution is 2.31. The number of hydrogen-bond donors (Lipinski definition) is 11. The Kier molecular flexibility index (Phi) is 38.1. The van der Waals surface area contributed by atoms with Gasteiger partial charge in [0.15, 0.2) is 0 Å². The number of cyclic esters (lactones) is 1. The summed E-state index contributed by atoms with van der Waals surface area (Å²) in [6.45, 7) is 33.0. The van der Waals surface area contributed by atoms with Crippen LogP contribution in [0.2, 0.25) is 0 Å². The molecule has 9 rings (SSSR count). The van der Waals surface area contributed by atoms with Gasteiger partial charge in [0.2, 0.25) is 47.3 Å². The zero-order valence-corrected chi connectivity index (χ0v) is 74.4. The molecule has 11 amide bonds. The molecule has 6 aliphatic rings. The second kappa shape index (κ2) is 46.9. The van der Waals surface area contributed by atoms with Gasteiger partial charge in [-0.05, 0) is 186 Å². The summed E-state index contributed by atoms with van der Waals surface area (Å²) in [6.07, 6.45) is 17.0. The normalized spacial score (nSPS) is 29.5. The van der Waals surface area contributed by atoms with Crippen LogP contribution < -0.4 is 63.5 Å². The van der Waals surface area contributed by atoms with Crippen molar-refractivity contribution in [3.8, 4) is 5.75 Å². The molecule has 3 fully saturated rings. The maximum atomic E-state index is 13.4. The van der Waals surface area contributed by atoms with E-state index in [4.69, 9.17) is 18.9 Å². The minimum Gasteiger partial charge on any atom is -0.490 e. The molecule has 12 bridgehead atoms. The number of nitrogens with one attached hydrogen (secondary N) is 11. The van der Waals surface area contributed by atoms with Crippen LogP contribution in [-0.2, 0) is 71.7 Å². The van der Waals surface area contributed by atoms with Crippen molar-refractivity contribution in [3.05, 3.63) is 125 Å². The Morgan fingerprint density at radius 3 is 1.39 bits per heavy atom. The SMILES string of the molecule is CC(C)[C@@H]1NC(=O)CCC(C)(C)C/C=C/c2cccc(c2)[C@@H](C)NC(=O)[C@@H]2CCCN(N2)C(=O)[C@H](C)NC1=O.CO[C@@H]1/C=C/COc2cccc(c2)[C@@H](C(C)C)NC(=O)[C@@H]2CCCN(N2)C(=O)[C@H](C)NC(=O)[C@H](C(C)C)NC(=O)[C@@H]1C.CO[C@@H]1CC/C=C/c2cccc(c2)[C@H](C)OC(=O)[C@@H]2CCCN(N2)C(=O)[C@H](C)NC(=O)[C@H](C(C)C)NC(=O)[C@@H]1C. The Labute approximate surface area is 715 Å². The summed E-state index contributed by atoms with van der Waals surface area (Å²) >= 11 is 0. The van der Waals surface area contributed by atoms with E-state index < -0.39 is 102 Å². The Bertz CT molecular complexity index is 4130. The number of rotatable bonds is 6. The number of fused-ring (bicyclic) bond motifs is 12. The van der Waals surface area contributed by atoms with Crippen molar-refractivity contribution in [1.82, 2.24) is 73.8 Å². The fourth-order valence-corrected chi connectivity index (χ4v) is 15.1. The van der Waals surface area contributed by atoms with Crippen molar-refractivity contribution >= 4 is 83.1 Å². The fraction of sp³-hybridized carbons (Fsp3) is 0.604. The van der Waals surface area contributed by atoms with Crippen LogP contribution in [0.15, 0.2) is 97.1 Å². The van der Waals surface area contributed by atoms with E-state index in [1.807, 2.05) is 148 Å². The third-order valence-corrected chi connectivity index (χ3v) is 22.9. The van der Waals surface area contributed by atoms with E-state index in [9.17, 15) is 57.5 Å². The molecule has 0 spiro atoms. The average Bonchev–Trinajstić information content (AvgIpc) is 0.826. The number of nitrogens with zero attached hydrogens (tertiary/aromatic N) is 3. The Morgan fingerprint density at radius 1 is 0.438 bits per heavy atom. The number of hydrogen-bond acceptors (Lipinski definition) is 19.